The minimum Gasteiger partial charge on any atom is -0.480 e. The van der Waals surface area contributed by atoms with Gasteiger partial charge in [0.1, 0.15) is 5.39 Å². The van der Waals surface area contributed by atoms with Gasteiger partial charge in [-0.25, -0.2) is 4.98 Å². The van der Waals surface area contributed by atoms with E-state index in [4.69, 9.17) is 9.26 Å². The zero-order chi connectivity index (χ0) is 9.42. The molecule has 0 amide bonds. The number of fused-ring (bicyclic) bond motifs is 1. The van der Waals surface area contributed by atoms with Crippen molar-refractivity contribution in [2.75, 3.05) is 7.11 Å². The lowest BCUT2D eigenvalue weighted by Crippen LogP contribution is -1.89. The monoisotopic (exact) mass is 290 g/mol. The molecule has 0 spiro atoms. The van der Waals surface area contributed by atoms with Crippen LogP contribution in [0.15, 0.2) is 10.7 Å². The highest BCUT2D eigenvalue weighted by atomic mass is 127. The molecular formula is C8H7IN2O2. The Balaban J connectivity index is 2.88. The second kappa shape index (κ2) is 3.13. The first-order chi connectivity index (χ1) is 6.24. The summed E-state index contributed by atoms with van der Waals surface area (Å²) < 4.78 is 11.2. The first kappa shape index (κ1) is 8.74. The predicted octanol–water partition coefficient (Wildman–Crippen LogP) is 2.14. The fourth-order valence-corrected chi connectivity index (χ4v) is 1.69. The molecule has 0 unspecified atom stereocenters. The van der Waals surface area contributed by atoms with Crippen molar-refractivity contribution in [3.63, 3.8) is 0 Å². The van der Waals surface area contributed by atoms with E-state index in [-0.39, 0.29) is 0 Å². The predicted molar refractivity (Wildman–Crippen MR) is 55.8 cm³/mol. The van der Waals surface area contributed by atoms with Crippen LogP contribution in [0.5, 0.6) is 5.88 Å². The van der Waals surface area contributed by atoms with Gasteiger partial charge in [0, 0.05) is 6.20 Å². The van der Waals surface area contributed by atoms with Gasteiger partial charge < -0.3 is 9.26 Å². The van der Waals surface area contributed by atoms with Crippen LogP contribution in [-0.2, 0) is 0 Å². The molecule has 0 saturated heterocycles. The lowest BCUT2D eigenvalue weighted by atomic mass is 10.3. The van der Waals surface area contributed by atoms with Crippen LogP contribution < -0.4 is 4.74 Å². The average Bonchev–Trinajstić information content (AvgIpc) is 2.51. The number of pyridine rings is 1. The molecule has 0 fully saturated rings. The molecule has 0 aliphatic heterocycles. The summed E-state index contributed by atoms with van der Waals surface area (Å²) in [6.45, 7) is 1.87. The molecule has 0 N–H and O–H groups in total. The van der Waals surface area contributed by atoms with Gasteiger partial charge in [-0.05, 0) is 29.5 Å². The number of rotatable bonds is 1. The summed E-state index contributed by atoms with van der Waals surface area (Å²) >= 11 is 2.15. The summed E-state index contributed by atoms with van der Waals surface area (Å²) in [6, 6.07) is 0. The Hall–Kier alpha value is -0.850. The largest absolute Gasteiger partial charge is 0.480 e. The second-order valence-corrected chi connectivity index (χ2v) is 3.75. The summed E-state index contributed by atoms with van der Waals surface area (Å²) in [6.07, 6.45) is 1.70. The smallest absolute Gasteiger partial charge is 0.226 e. The molecule has 2 heterocycles. The van der Waals surface area contributed by atoms with Crippen molar-refractivity contribution in [1.29, 1.82) is 0 Å². The average molecular weight is 290 g/mol. The van der Waals surface area contributed by atoms with Crippen LogP contribution in [0, 0.1) is 10.5 Å². The van der Waals surface area contributed by atoms with Crippen molar-refractivity contribution >= 4 is 33.6 Å². The maximum Gasteiger partial charge on any atom is 0.226 e. The molecule has 4 nitrogen and oxygen atoms in total. The van der Waals surface area contributed by atoms with Crippen molar-refractivity contribution < 1.29 is 9.26 Å². The first-order valence-electron chi connectivity index (χ1n) is 3.68. The molecule has 2 aromatic rings. The van der Waals surface area contributed by atoms with E-state index in [9.17, 15) is 0 Å². The molecule has 0 aliphatic carbocycles. The van der Waals surface area contributed by atoms with Crippen LogP contribution in [0.1, 0.15) is 5.69 Å². The van der Waals surface area contributed by atoms with Gasteiger partial charge >= 0.3 is 0 Å². The number of halogens is 1. The fourth-order valence-electron chi connectivity index (χ4n) is 1.18. The maximum atomic E-state index is 5.14. The van der Waals surface area contributed by atoms with E-state index < -0.39 is 0 Å². The van der Waals surface area contributed by atoms with E-state index >= 15 is 0 Å². The summed E-state index contributed by atoms with van der Waals surface area (Å²) in [4.78, 5) is 4.13. The van der Waals surface area contributed by atoms with Gasteiger partial charge in [-0.15, -0.1) is 0 Å². The molecule has 2 rings (SSSR count). The molecule has 0 aromatic carbocycles. The summed E-state index contributed by atoms with van der Waals surface area (Å²) in [5.41, 5.74) is 1.54. The molecule has 0 aliphatic rings. The topological polar surface area (TPSA) is 48.2 Å². The third kappa shape index (κ3) is 1.27. The summed E-state index contributed by atoms with van der Waals surface area (Å²) in [7, 11) is 1.58. The minimum absolute atomic E-state index is 0.564. The van der Waals surface area contributed by atoms with Gasteiger partial charge in [0.05, 0.1) is 16.4 Å². The molecular weight excluding hydrogens is 283 g/mol. The van der Waals surface area contributed by atoms with Crippen molar-refractivity contribution in [2.24, 2.45) is 0 Å². The number of aromatic nitrogens is 2. The van der Waals surface area contributed by atoms with Crippen LogP contribution in [0.25, 0.3) is 11.0 Å². The zero-order valence-electron chi connectivity index (χ0n) is 7.17. The SMILES string of the molecule is COc1ncc(I)c2onc(C)c12. The van der Waals surface area contributed by atoms with Crippen LogP contribution >= 0.6 is 22.6 Å². The number of hydrogen-bond donors (Lipinski definition) is 0. The quantitative estimate of drug-likeness (QED) is 0.755. The number of methoxy groups -OCH3 is 1. The molecule has 0 bridgehead atoms. The Morgan fingerprint density at radius 1 is 1.54 bits per heavy atom. The lowest BCUT2D eigenvalue weighted by Gasteiger charge is -1.99. The molecule has 13 heavy (non-hydrogen) atoms. The van der Waals surface area contributed by atoms with E-state index in [0.29, 0.717) is 5.88 Å². The number of aryl methyl sites for hydroxylation is 1. The highest BCUT2D eigenvalue weighted by molar-refractivity contribution is 14.1. The highest BCUT2D eigenvalue weighted by Crippen LogP contribution is 2.29. The Morgan fingerprint density at radius 3 is 3.00 bits per heavy atom. The van der Waals surface area contributed by atoms with Crippen molar-refractivity contribution in [3.8, 4) is 5.88 Å². The van der Waals surface area contributed by atoms with E-state index in [1.54, 1.807) is 13.3 Å². The molecule has 2 aromatic heterocycles. The highest BCUT2D eigenvalue weighted by Gasteiger charge is 2.13. The third-order valence-electron chi connectivity index (χ3n) is 1.78. The van der Waals surface area contributed by atoms with Gasteiger partial charge in [-0.1, -0.05) is 5.16 Å². The van der Waals surface area contributed by atoms with Crippen molar-refractivity contribution in [3.05, 3.63) is 15.5 Å². The molecule has 5 heteroatoms. The van der Waals surface area contributed by atoms with E-state index in [1.165, 1.54) is 0 Å². The Kier molecular flexibility index (Phi) is 2.10. The van der Waals surface area contributed by atoms with Crippen molar-refractivity contribution in [2.45, 2.75) is 6.92 Å². The normalized spacial score (nSPS) is 10.7. The molecule has 0 saturated carbocycles. The van der Waals surface area contributed by atoms with E-state index in [0.717, 1.165) is 20.2 Å². The Morgan fingerprint density at radius 2 is 2.31 bits per heavy atom. The van der Waals surface area contributed by atoms with Crippen LogP contribution in [0.3, 0.4) is 0 Å². The minimum atomic E-state index is 0.564. The number of ether oxygens (including phenoxy) is 1. The van der Waals surface area contributed by atoms with Gasteiger partial charge in [-0.3, -0.25) is 0 Å². The molecule has 0 radical (unpaired) electrons. The van der Waals surface area contributed by atoms with Crippen LogP contribution in [-0.4, -0.2) is 17.3 Å². The Labute approximate surface area is 88.4 Å². The van der Waals surface area contributed by atoms with Crippen LogP contribution in [0.4, 0.5) is 0 Å². The fraction of sp³-hybridized carbons (Fsp3) is 0.250. The van der Waals surface area contributed by atoms with Crippen LogP contribution in [0.2, 0.25) is 0 Å². The van der Waals surface area contributed by atoms with E-state index in [1.807, 2.05) is 6.92 Å². The summed E-state index contributed by atoms with van der Waals surface area (Å²) in [5.74, 6) is 0.564. The zero-order valence-corrected chi connectivity index (χ0v) is 9.32. The summed E-state index contributed by atoms with van der Waals surface area (Å²) in [5, 5.41) is 4.72. The van der Waals surface area contributed by atoms with Gasteiger partial charge in [0.2, 0.25) is 5.88 Å². The maximum absolute atomic E-state index is 5.14. The third-order valence-corrected chi connectivity index (χ3v) is 2.55. The standard InChI is InChI=1S/C8H7IN2O2/c1-4-6-7(13-11-4)5(9)3-10-8(6)12-2/h3H,1-2H3. The molecule has 68 valence electrons. The lowest BCUT2D eigenvalue weighted by molar-refractivity contribution is 0.402. The van der Waals surface area contributed by atoms with Gasteiger partial charge in [0.25, 0.3) is 0 Å². The van der Waals surface area contributed by atoms with Gasteiger partial charge in [-0.2, -0.15) is 0 Å². The number of nitrogens with zero attached hydrogens (tertiary/aromatic N) is 2. The first-order valence-corrected chi connectivity index (χ1v) is 4.76. The molecule has 0 atom stereocenters. The van der Waals surface area contributed by atoms with Crippen molar-refractivity contribution in [1.82, 2.24) is 10.1 Å². The van der Waals surface area contributed by atoms with E-state index in [2.05, 4.69) is 32.7 Å². The number of hydrogen-bond acceptors (Lipinski definition) is 4. The van der Waals surface area contributed by atoms with Gasteiger partial charge in [0.15, 0.2) is 5.58 Å². The Bertz CT molecular complexity index is 453. The second-order valence-electron chi connectivity index (χ2n) is 2.59.